The molecule has 2 aliphatic rings. The van der Waals surface area contributed by atoms with Gasteiger partial charge in [0.1, 0.15) is 11.9 Å². The van der Waals surface area contributed by atoms with Crippen molar-refractivity contribution in [1.82, 2.24) is 5.32 Å². The van der Waals surface area contributed by atoms with Gasteiger partial charge < -0.3 is 10.1 Å². The van der Waals surface area contributed by atoms with E-state index < -0.39 is 0 Å². The van der Waals surface area contributed by atoms with E-state index in [-0.39, 0.29) is 0 Å². The molecule has 2 heterocycles. The Labute approximate surface area is 103 Å². The number of rotatable bonds is 2. The normalized spacial score (nSPS) is 27.6. The van der Waals surface area contributed by atoms with Gasteiger partial charge in [-0.05, 0) is 56.8 Å². The van der Waals surface area contributed by atoms with Crippen molar-refractivity contribution in [3.8, 4) is 5.75 Å². The zero-order valence-corrected chi connectivity index (χ0v) is 10.5. The second kappa shape index (κ2) is 4.69. The van der Waals surface area contributed by atoms with Crippen molar-refractivity contribution in [1.29, 1.82) is 0 Å². The van der Waals surface area contributed by atoms with Crippen molar-refractivity contribution in [2.75, 3.05) is 13.1 Å². The zero-order valence-electron chi connectivity index (χ0n) is 10.5. The van der Waals surface area contributed by atoms with Crippen LogP contribution < -0.4 is 10.1 Å². The molecule has 2 aliphatic heterocycles. The minimum Gasteiger partial charge on any atom is -0.490 e. The first-order chi connectivity index (χ1) is 8.31. The Morgan fingerprint density at radius 2 is 2.35 bits per heavy atom. The lowest BCUT2D eigenvalue weighted by Crippen LogP contribution is -2.32. The van der Waals surface area contributed by atoms with E-state index in [2.05, 4.69) is 30.4 Å². The Morgan fingerprint density at radius 3 is 3.18 bits per heavy atom. The first-order valence-electron chi connectivity index (χ1n) is 6.78. The molecule has 0 amide bonds. The molecule has 1 fully saturated rings. The summed E-state index contributed by atoms with van der Waals surface area (Å²) in [6.45, 7) is 4.52. The van der Waals surface area contributed by atoms with Crippen LogP contribution in [0.3, 0.4) is 0 Å². The van der Waals surface area contributed by atoms with E-state index in [4.69, 9.17) is 4.74 Å². The van der Waals surface area contributed by atoms with Crippen LogP contribution in [0, 0.1) is 12.8 Å². The topological polar surface area (TPSA) is 21.3 Å². The molecule has 2 atom stereocenters. The van der Waals surface area contributed by atoms with Crippen LogP contribution >= 0.6 is 0 Å². The predicted octanol–water partition coefficient (Wildman–Crippen LogP) is 2.69. The molecule has 0 aliphatic carbocycles. The molecule has 1 aromatic rings. The van der Waals surface area contributed by atoms with E-state index >= 15 is 0 Å². The Balaban J connectivity index is 1.61. The number of hydrogen-bond acceptors (Lipinski definition) is 2. The highest BCUT2D eigenvalue weighted by atomic mass is 16.5. The smallest absolute Gasteiger partial charge is 0.123 e. The van der Waals surface area contributed by atoms with Gasteiger partial charge in [0.25, 0.3) is 0 Å². The fraction of sp³-hybridized carbons (Fsp3) is 0.600. The molecular formula is C15H21NO. The van der Waals surface area contributed by atoms with Crippen molar-refractivity contribution in [3.63, 3.8) is 0 Å². The highest BCUT2D eigenvalue weighted by Gasteiger charge is 2.26. The van der Waals surface area contributed by atoms with Gasteiger partial charge in [0.05, 0.1) is 0 Å². The van der Waals surface area contributed by atoms with Crippen molar-refractivity contribution in [2.45, 2.75) is 38.7 Å². The van der Waals surface area contributed by atoms with Gasteiger partial charge in [-0.25, -0.2) is 0 Å². The van der Waals surface area contributed by atoms with Crippen LogP contribution in [0.4, 0.5) is 0 Å². The quantitative estimate of drug-likeness (QED) is 0.845. The summed E-state index contributed by atoms with van der Waals surface area (Å²) in [5.74, 6) is 1.92. The lowest BCUT2D eigenvalue weighted by Gasteiger charge is -2.25. The van der Waals surface area contributed by atoms with E-state index in [0.29, 0.717) is 6.10 Å². The molecule has 0 aromatic heterocycles. The molecule has 1 saturated heterocycles. The van der Waals surface area contributed by atoms with E-state index in [1.807, 2.05) is 0 Å². The number of piperidine rings is 1. The van der Waals surface area contributed by atoms with Crippen molar-refractivity contribution in [2.24, 2.45) is 5.92 Å². The molecule has 3 rings (SSSR count). The van der Waals surface area contributed by atoms with Crippen LogP contribution in [-0.4, -0.2) is 19.2 Å². The molecule has 0 spiro atoms. The summed E-state index contributed by atoms with van der Waals surface area (Å²) in [6, 6.07) is 6.54. The summed E-state index contributed by atoms with van der Waals surface area (Å²) < 4.78 is 6.04. The molecule has 92 valence electrons. The van der Waals surface area contributed by atoms with Crippen molar-refractivity contribution >= 4 is 0 Å². The second-order valence-corrected chi connectivity index (χ2v) is 5.50. The standard InChI is InChI=1S/C15H21NO/c1-11-4-5-15-13(7-11)9-14(17-15)8-12-3-2-6-16-10-12/h4-5,7,12,14,16H,2-3,6,8-10H2,1H3. The van der Waals surface area contributed by atoms with Crippen LogP contribution in [0.25, 0.3) is 0 Å². The Bertz CT molecular complexity index is 396. The molecule has 2 heteroatoms. The number of aryl methyl sites for hydroxylation is 1. The molecule has 1 aromatic carbocycles. The third kappa shape index (κ3) is 2.47. The first kappa shape index (κ1) is 11.1. The van der Waals surface area contributed by atoms with Crippen LogP contribution in [0.2, 0.25) is 0 Å². The van der Waals surface area contributed by atoms with Crippen LogP contribution in [-0.2, 0) is 6.42 Å². The minimum atomic E-state index is 0.414. The largest absolute Gasteiger partial charge is 0.490 e. The maximum absolute atomic E-state index is 6.04. The van der Waals surface area contributed by atoms with Gasteiger partial charge in [-0.15, -0.1) is 0 Å². The van der Waals surface area contributed by atoms with Crippen LogP contribution in [0.15, 0.2) is 18.2 Å². The Morgan fingerprint density at radius 1 is 1.41 bits per heavy atom. The summed E-state index contributed by atoms with van der Waals surface area (Å²) in [7, 11) is 0. The highest BCUT2D eigenvalue weighted by molar-refractivity contribution is 5.40. The van der Waals surface area contributed by atoms with E-state index in [1.54, 1.807) is 0 Å². The highest BCUT2D eigenvalue weighted by Crippen LogP contribution is 2.32. The van der Waals surface area contributed by atoms with Gasteiger partial charge in [0, 0.05) is 6.42 Å². The average Bonchev–Trinajstić information content (AvgIpc) is 2.71. The Hall–Kier alpha value is -1.02. The zero-order chi connectivity index (χ0) is 11.7. The summed E-state index contributed by atoms with van der Waals surface area (Å²) in [4.78, 5) is 0. The number of ether oxygens (including phenoxy) is 1. The molecule has 1 N–H and O–H groups in total. The molecule has 2 nitrogen and oxygen atoms in total. The third-order valence-electron chi connectivity index (χ3n) is 3.95. The van der Waals surface area contributed by atoms with E-state index in [9.17, 15) is 0 Å². The summed E-state index contributed by atoms with van der Waals surface area (Å²) in [6.07, 6.45) is 5.41. The van der Waals surface area contributed by atoms with Crippen molar-refractivity contribution in [3.05, 3.63) is 29.3 Å². The third-order valence-corrected chi connectivity index (χ3v) is 3.95. The summed E-state index contributed by atoms with van der Waals surface area (Å²) in [5.41, 5.74) is 2.74. The monoisotopic (exact) mass is 231 g/mol. The lowest BCUT2D eigenvalue weighted by atomic mass is 9.92. The summed E-state index contributed by atoms with van der Waals surface area (Å²) in [5, 5.41) is 3.48. The van der Waals surface area contributed by atoms with Gasteiger partial charge in [-0.2, -0.15) is 0 Å². The average molecular weight is 231 g/mol. The van der Waals surface area contributed by atoms with Gasteiger partial charge in [-0.3, -0.25) is 0 Å². The predicted molar refractivity (Wildman–Crippen MR) is 69.5 cm³/mol. The lowest BCUT2D eigenvalue weighted by molar-refractivity contribution is 0.180. The summed E-state index contributed by atoms with van der Waals surface area (Å²) >= 11 is 0. The first-order valence-corrected chi connectivity index (χ1v) is 6.78. The molecule has 0 radical (unpaired) electrons. The SMILES string of the molecule is Cc1ccc2c(c1)CC(CC1CCCNC1)O2. The van der Waals surface area contributed by atoms with E-state index in [0.717, 1.165) is 18.1 Å². The van der Waals surface area contributed by atoms with Gasteiger partial charge in [0.2, 0.25) is 0 Å². The number of hydrogen-bond donors (Lipinski definition) is 1. The van der Waals surface area contributed by atoms with Crippen LogP contribution in [0.5, 0.6) is 5.75 Å². The number of nitrogens with one attached hydrogen (secondary N) is 1. The minimum absolute atomic E-state index is 0.414. The number of fused-ring (bicyclic) bond motifs is 1. The number of benzene rings is 1. The molecule has 2 unspecified atom stereocenters. The van der Waals surface area contributed by atoms with Crippen LogP contribution in [0.1, 0.15) is 30.4 Å². The van der Waals surface area contributed by atoms with E-state index in [1.165, 1.54) is 43.5 Å². The fourth-order valence-corrected chi connectivity index (χ4v) is 3.08. The maximum atomic E-state index is 6.04. The maximum Gasteiger partial charge on any atom is 0.123 e. The van der Waals surface area contributed by atoms with Gasteiger partial charge in [0.15, 0.2) is 0 Å². The molecule has 0 bridgehead atoms. The fourth-order valence-electron chi connectivity index (χ4n) is 3.08. The molecule has 0 saturated carbocycles. The molecule has 17 heavy (non-hydrogen) atoms. The second-order valence-electron chi connectivity index (χ2n) is 5.50. The van der Waals surface area contributed by atoms with Gasteiger partial charge in [-0.1, -0.05) is 17.7 Å². The van der Waals surface area contributed by atoms with Crippen molar-refractivity contribution < 1.29 is 4.74 Å². The molecular weight excluding hydrogens is 210 g/mol. The Kier molecular flexibility index (Phi) is 3.06. The van der Waals surface area contributed by atoms with Gasteiger partial charge >= 0.3 is 0 Å².